The summed E-state index contributed by atoms with van der Waals surface area (Å²) < 4.78 is 6.91. The van der Waals surface area contributed by atoms with Gasteiger partial charge in [-0.3, -0.25) is 14.8 Å². The highest BCUT2D eigenvalue weighted by Crippen LogP contribution is 2.37. The van der Waals surface area contributed by atoms with E-state index in [1.165, 1.54) is 7.11 Å². The minimum atomic E-state index is -0.373. The number of benzene rings is 1. The first kappa shape index (κ1) is 17.5. The predicted molar refractivity (Wildman–Crippen MR) is 104 cm³/mol. The Morgan fingerprint density at radius 1 is 1.19 bits per heavy atom. The molecule has 0 spiro atoms. The van der Waals surface area contributed by atoms with Crippen molar-refractivity contribution in [3.8, 4) is 28.5 Å². The molecule has 0 saturated carbocycles. The van der Waals surface area contributed by atoms with Gasteiger partial charge in [0.1, 0.15) is 16.9 Å². The molecule has 0 aliphatic carbocycles. The molecule has 0 atom stereocenters. The average Bonchev–Trinajstić information content (AvgIpc) is 3.09. The largest absolute Gasteiger partial charge is 0.468 e. The van der Waals surface area contributed by atoms with E-state index >= 15 is 0 Å². The molecule has 1 N–H and O–H groups in total. The van der Waals surface area contributed by atoms with Gasteiger partial charge in [-0.25, -0.2) is 4.98 Å². The van der Waals surface area contributed by atoms with E-state index in [2.05, 4.69) is 19.9 Å². The Balaban J connectivity index is 2.12. The van der Waals surface area contributed by atoms with Crippen LogP contribution in [0.5, 0.6) is 6.01 Å². The molecule has 9 heteroatoms. The number of hydrogen-bond donors (Lipinski definition) is 1. The monoisotopic (exact) mass is 401 g/mol. The van der Waals surface area contributed by atoms with Crippen molar-refractivity contribution in [1.29, 1.82) is 0 Å². The van der Waals surface area contributed by atoms with Gasteiger partial charge in [0.15, 0.2) is 0 Å². The van der Waals surface area contributed by atoms with E-state index in [-0.39, 0.29) is 11.6 Å². The fourth-order valence-corrected chi connectivity index (χ4v) is 3.27. The molecular weight excluding hydrogens is 389 g/mol. The third-order valence-corrected chi connectivity index (χ3v) is 4.92. The number of halogens is 2. The molecule has 0 saturated heterocycles. The lowest BCUT2D eigenvalue weighted by Gasteiger charge is -2.11. The van der Waals surface area contributed by atoms with Crippen molar-refractivity contribution in [3.05, 3.63) is 57.3 Å². The molecule has 0 aliphatic rings. The van der Waals surface area contributed by atoms with Crippen LogP contribution in [-0.4, -0.2) is 31.6 Å². The van der Waals surface area contributed by atoms with Gasteiger partial charge in [0, 0.05) is 30.6 Å². The van der Waals surface area contributed by atoms with Crippen LogP contribution in [0.15, 0.2) is 41.7 Å². The molecule has 0 radical (unpaired) electrons. The molecule has 7 nitrogen and oxygen atoms in total. The molecule has 4 aromatic rings. The number of aryl methyl sites for hydroxylation is 1. The van der Waals surface area contributed by atoms with Crippen molar-refractivity contribution in [2.75, 3.05) is 7.11 Å². The van der Waals surface area contributed by atoms with Crippen molar-refractivity contribution < 1.29 is 4.74 Å². The van der Waals surface area contributed by atoms with Gasteiger partial charge in [-0.1, -0.05) is 35.3 Å². The molecule has 3 aromatic heterocycles. The van der Waals surface area contributed by atoms with Gasteiger partial charge in [-0.15, -0.1) is 0 Å². The molecule has 136 valence electrons. The fourth-order valence-electron chi connectivity index (χ4n) is 2.86. The summed E-state index contributed by atoms with van der Waals surface area (Å²) in [6.07, 6.45) is 5.02. The van der Waals surface area contributed by atoms with Gasteiger partial charge in [0.25, 0.3) is 11.6 Å². The third kappa shape index (κ3) is 2.94. The first-order chi connectivity index (χ1) is 13.0. The second kappa shape index (κ2) is 6.68. The molecule has 0 amide bonds. The zero-order valence-electron chi connectivity index (χ0n) is 14.3. The zero-order chi connectivity index (χ0) is 19.1. The molecule has 1 aromatic carbocycles. The summed E-state index contributed by atoms with van der Waals surface area (Å²) in [6, 6.07) is 5.29. The number of nitrogens with zero attached hydrogens (tertiary/aromatic N) is 4. The normalized spacial score (nSPS) is 11.1. The quantitative estimate of drug-likeness (QED) is 0.565. The van der Waals surface area contributed by atoms with Crippen LogP contribution in [-0.2, 0) is 7.05 Å². The van der Waals surface area contributed by atoms with Crippen LogP contribution in [0.4, 0.5) is 0 Å². The summed E-state index contributed by atoms with van der Waals surface area (Å²) >= 11 is 12.5. The molecule has 0 aliphatic heterocycles. The number of nitrogens with one attached hydrogen (secondary N) is 1. The van der Waals surface area contributed by atoms with Gasteiger partial charge < -0.3 is 9.30 Å². The number of imidazole rings is 1. The lowest BCUT2D eigenvalue weighted by Crippen LogP contribution is -2.12. The van der Waals surface area contributed by atoms with Gasteiger partial charge >= 0.3 is 0 Å². The summed E-state index contributed by atoms with van der Waals surface area (Å²) in [5.74, 6) is 0. The smallest absolute Gasteiger partial charge is 0.296 e. The number of pyridine rings is 1. The summed E-state index contributed by atoms with van der Waals surface area (Å²) in [6.45, 7) is 0. The number of rotatable bonds is 3. The topological polar surface area (TPSA) is 85.7 Å². The van der Waals surface area contributed by atoms with Crippen LogP contribution in [0.25, 0.3) is 33.4 Å². The van der Waals surface area contributed by atoms with E-state index in [4.69, 9.17) is 27.9 Å². The van der Waals surface area contributed by atoms with Gasteiger partial charge in [0.2, 0.25) is 0 Å². The predicted octanol–water partition coefficient (Wildman–Crippen LogP) is 3.70. The first-order valence-electron chi connectivity index (χ1n) is 7.89. The number of aromatic nitrogens is 5. The number of fused-ring (bicyclic) bond motifs is 1. The SMILES string of the molecule is COc1nc2c(-c3cn(C)cn3)ncc(-c3cccc(Cl)c3Cl)c2c(=O)[nH]1. The standard InChI is InChI=1S/C18H13Cl2N5O2/c1-25-7-12(22-8-25)15-16-13(17(26)24-18(23-16)27-2)10(6-21-15)9-4-3-5-11(19)14(9)20/h3-8H,1-2H3,(H,23,24,26). The Kier molecular flexibility index (Phi) is 4.33. The lowest BCUT2D eigenvalue weighted by atomic mass is 10.0. The number of aromatic amines is 1. The Hall–Kier alpha value is -2.90. The highest BCUT2D eigenvalue weighted by molar-refractivity contribution is 6.44. The average molecular weight is 402 g/mol. The van der Waals surface area contributed by atoms with E-state index in [9.17, 15) is 4.79 Å². The summed E-state index contributed by atoms with van der Waals surface area (Å²) in [4.78, 5) is 28.7. The van der Waals surface area contributed by atoms with Crippen LogP contribution in [0.2, 0.25) is 10.0 Å². The highest BCUT2D eigenvalue weighted by Gasteiger charge is 2.20. The molecule has 0 bridgehead atoms. The molecule has 4 rings (SSSR count). The number of ether oxygens (including phenoxy) is 1. The van der Waals surface area contributed by atoms with Crippen LogP contribution >= 0.6 is 23.2 Å². The fraction of sp³-hybridized carbons (Fsp3) is 0.111. The van der Waals surface area contributed by atoms with Gasteiger partial charge in [0.05, 0.1) is 28.9 Å². The van der Waals surface area contributed by atoms with E-state index in [1.54, 1.807) is 41.5 Å². The van der Waals surface area contributed by atoms with Crippen LogP contribution in [0.1, 0.15) is 0 Å². The molecule has 0 fully saturated rings. The highest BCUT2D eigenvalue weighted by atomic mass is 35.5. The lowest BCUT2D eigenvalue weighted by molar-refractivity contribution is 0.380. The second-order valence-electron chi connectivity index (χ2n) is 5.85. The summed E-state index contributed by atoms with van der Waals surface area (Å²) in [5, 5.41) is 1.05. The summed E-state index contributed by atoms with van der Waals surface area (Å²) in [7, 11) is 3.27. The van der Waals surface area contributed by atoms with Crippen LogP contribution < -0.4 is 10.3 Å². The van der Waals surface area contributed by atoms with Crippen molar-refractivity contribution in [2.45, 2.75) is 0 Å². The summed E-state index contributed by atoms with van der Waals surface area (Å²) in [5.41, 5.74) is 2.16. The third-order valence-electron chi connectivity index (χ3n) is 4.10. The minimum absolute atomic E-state index is 0.0841. The van der Waals surface area contributed by atoms with E-state index in [0.717, 1.165) is 0 Å². The van der Waals surface area contributed by atoms with Crippen molar-refractivity contribution >= 4 is 34.1 Å². The molecule has 0 unspecified atom stereocenters. The van der Waals surface area contributed by atoms with Crippen LogP contribution in [0, 0.1) is 0 Å². The second-order valence-corrected chi connectivity index (χ2v) is 6.63. The molecular formula is C18H13Cl2N5O2. The maximum atomic E-state index is 12.8. The Morgan fingerprint density at radius 3 is 2.70 bits per heavy atom. The number of hydrogen-bond acceptors (Lipinski definition) is 5. The first-order valence-corrected chi connectivity index (χ1v) is 8.65. The van der Waals surface area contributed by atoms with Gasteiger partial charge in [-0.2, -0.15) is 4.98 Å². The molecule has 3 heterocycles. The van der Waals surface area contributed by atoms with Gasteiger partial charge in [-0.05, 0) is 6.07 Å². The Morgan fingerprint density at radius 2 is 2.00 bits per heavy atom. The van der Waals surface area contributed by atoms with Crippen molar-refractivity contribution in [2.24, 2.45) is 7.05 Å². The maximum Gasteiger partial charge on any atom is 0.296 e. The minimum Gasteiger partial charge on any atom is -0.468 e. The maximum absolute atomic E-state index is 12.8. The van der Waals surface area contributed by atoms with Crippen LogP contribution in [0.3, 0.4) is 0 Å². The van der Waals surface area contributed by atoms with E-state index in [1.807, 2.05) is 7.05 Å². The zero-order valence-corrected chi connectivity index (χ0v) is 15.8. The van der Waals surface area contributed by atoms with E-state index in [0.29, 0.717) is 43.5 Å². The van der Waals surface area contributed by atoms with Crippen molar-refractivity contribution in [1.82, 2.24) is 24.5 Å². The number of H-pyrrole nitrogens is 1. The van der Waals surface area contributed by atoms with E-state index < -0.39 is 0 Å². The number of methoxy groups -OCH3 is 1. The molecule has 27 heavy (non-hydrogen) atoms. The Labute approximate surface area is 163 Å². The van der Waals surface area contributed by atoms with Crippen molar-refractivity contribution in [3.63, 3.8) is 0 Å². The Bertz CT molecular complexity index is 1230.